The molecule has 2 aromatic rings. The SMILES string of the molecule is COC1CCC2(CC1)Cc1cc(F)c(-c3cc(Cl)cc(C#N)c3)cc1C21N=C(C)C(N)=N1. The maximum atomic E-state index is 15.4. The van der Waals surface area contributed by atoms with Crippen LogP contribution >= 0.6 is 11.6 Å². The number of hydrogen-bond donors (Lipinski definition) is 1. The largest absolute Gasteiger partial charge is 0.382 e. The van der Waals surface area contributed by atoms with Gasteiger partial charge in [0.2, 0.25) is 0 Å². The zero-order chi connectivity index (χ0) is 22.7. The highest BCUT2D eigenvalue weighted by atomic mass is 35.5. The fourth-order valence-electron chi connectivity index (χ4n) is 5.73. The Morgan fingerprint density at radius 1 is 1.19 bits per heavy atom. The zero-order valence-corrected chi connectivity index (χ0v) is 18.8. The molecule has 1 fully saturated rings. The van der Waals surface area contributed by atoms with Crippen LogP contribution in [0, 0.1) is 22.6 Å². The van der Waals surface area contributed by atoms with Crippen molar-refractivity contribution in [1.82, 2.24) is 0 Å². The van der Waals surface area contributed by atoms with Crippen LogP contribution in [0.25, 0.3) is 11.1 Å². The van der Waals surface area contributed by atoms with E-state index in [2.05, 4.69) is 6.07 Å². The van der Waals surface area contributed by atoms with Crippen molar-refractivity contribution in [2.45, 2.75) is 50.8 Å². The smallest absolute Gasteiger partial charge is 0.184 e. The fourth-order valence-corrected chi connectivity index (χ4v) is 5.97. The second-order valence-electron chi connectivity index (χ2n) is 9.09. The van der Waals surface area contributed by atoms with Crippen LogP contribution in [0.15, 0.2) is 40.3 Å². The van der Waals surface area contributed by atoms with Gasteiger partial charge in [0.25, 0.3) is 0 Å². The molecule has 0 amide bonds. The number of methoxy groups -OCH3 is 1. The van der Waals surface area contributed by atoms with E-state index in [9.17, 15) is 5.26 Å². The summed E-state index contributed by atoms with van der Waals surface area (Å²) in [5.74, 6) is 0.0924. The lowest BCUT2D eigenvalue weighted by molar-refractivity contribution is -0.000374. The number of amidine groups is 1. The number of nitriles is 1. The van der Waals surface area contributed by atoms with E-state index in [0.717, 1.165) is 36.8 Å². The van der Waals surface area contributed by atoms with E-state index in [1.54, 1.807) is 31.4 Å². The van der Waals surface area contributed by atoms with E-state index in [0.29, 0.717) is 39.7 Å². The van der Waals surface area contributed by atoms with Gasteiger partial charge in [-0.3, -0.25) is 4.99 Å². The number of fused-ring (bicyclic) bond motifs is 3. The Labute approximate surface area is 191 Å². The van der Waals surface area contributed by atoms with Gasteiger partial charge in [-0.15, -0.1) is 0 Å². The average Bonchev–Trinajstić information content (AvgIpc) is 3.20. The summed E-state index contributed by atoms with van der Waals surface area (Å²) in [4.78, 5) is 9.97. The third-order valence-corrected chi connectivity index (χ3v) is 7.60. The zero-order valence-electron chi connectivity index (χ0n) is 18.1. The number of benzene rings is 2. The monoisotopic (exact) mass is 450 g/mol. The summed E-state index contributed by atoms with van der Waals surface area (Å²) in [5.41, 5.74) is 8.98. The molecule has 3 aliphatic rings. The Kier molecular flexibility index (Phi) is 4.88. The van der Waals surface area contributed by atoms with Gasteiger partial charge in [-0.25, -0.2) is 9.38 Å². The van der Waals surface area contributed by atoms with Crippen molar-refractivity contribution in [2.75, 3.05) is 7.11 Å². The van der Waals surface area contributed by atoms with E-state index in [-0.39, 0.29) is 17.3 Å². The van der Waals surface area contributed by atoms with Crippen molar-refractivity contribution in [3.8, 4) is 17.2 Å². The summed E-state index contributed by atoms with van der Waals surface area (Å²) in [6.07, 6.45) is 4.48. The van der Waals surface area contributed by atoms with Crippen LogP contribution in [0.5, 0.6) is 0 Å². The first kappa shape index (κ1) is 21.1. The lowest BCUT2D eigenvalue weighted by atomic mass is 9.65. The molecule has 1 unspecified atom stereocenters. The van der Waals surface area contributed by atoms with Crippen molar-refractivity contribution in [3.05, 3.63) is 57.9 Å². The number of ether oxygens (including phenoxy) is 1. The lowest BCUT2D eigenvalue weighted by Gasteiger charge is -2.44. The van der Waals surface area contributed by atoms with Gasteiger partial charge in [-0.05, 0) is 80.5 Å². The molecule has 1 heterocycles. The van der Waals surface area contributed by atoms with Crippen LogP contribution in [-0.2, 0) is 16.8 Å². The predicted octanol–water partition coefficient (Wildman–Crippen LogP) is 5.13. The number of nitrogens with two attached hydrogens (primary N) is 1. The van der Waals surface area contributed by atoms with E-state index in [1.807, 2.05) is 13.0 Å². The minimum Gasteiger partial charge on any atom is -0.382 e. The summed E-state index contributed by atoms with van der Waals surface area (Å²) in [6.45, 7) is 1.88. The van der Waals surface area contributed by atoms with Crippen molar-refractivity contribution in [1.29, 1.82) is 5.26 Å². The third kappa shape index (κ3) is 2.99. The molecule has 2 N–H and O–H groups in total. The Morgan fingerprint density at radius 3 is 2.56 bits per heavy atom. The standard InChI is InChI=1S/C25H24ClFN4O/c1-14-23(29)31-25(30-14)21-11-20(16-7-15(13-28)8-18(26)9-16)22(27)10-17(21)12-24(25)5-3-19(32-2)4-6-24/h7-11,19H,3-6,12H2,1-2H3,(H2,29,31). The first-order valence-electron chi connectivity index (χ1n) is 10.8. The van der Waals surface area contributed by atoms with Crippen LogP contribution in [0.3, 0.4) is 0 Å². The molecule has 32 heavy (non-hydrogen) atoms. The normalized spacial score (nSPS) is 28.5. The number of hydrogen-bond acceptors (Lipinski definition) is 5. The van der Waals surface area contributed by atoms with E-state index in [1.165, 1.54) is 0 Å². The molecule has 2 aromatic carbocycles. The first-order valence-corrected chi connectivity index (χ1v) is 11.2. The Morgan fingerprint density at radius 2 is 1.94 bits per heavy atom. The van der Waals surface area contributed by atoms with E-state index >= 15 is 4.39 Å². The fraction of sp³-hybridized carbons (Fsp3) is 0.400. The first-order chi connectivity index (χ1) is 15.3. The summed E-state index contributed by atoms with van der Waals surface area (Å²) < 4.78 is 21.0. The molecule has 5 rings (SSSR count). The molecule has 2 spiro atoms. The quantitative estimate of drug-likeness (QED) is 0.688. The topological polar surface area (TPSA) is 83.8 Å². The van der Waals surface area contributed by atoms with Crippen molar-refractivity contribution >= 4 is 23.1 Å². The van der Waals surface area contributed by atoms with Crippen LogP contribution in [0.1, 0.15) is 49.3 Å². The Bertz CT molecular complexity index is 1200. The van der Waals surface area contributed by atoms with Gasteiger partial charge in [0.15, 0.2) is 5.66 Å². The summed E-state index contributed by atoms with van der Waals surface area (Å²) in [5, 5.41) is 9.72. The molecule has 5 nitrogen and oxygen atoms in total. The second kappa shape index (κ2) is 7.40. The van der Waals surface area contributed by atoms with Crippen LogP contribution in [0.4, 0.5) is 4.39 Å². The molecular weight excluding hydrogens is 427 g/mol. The van der Waals surface area contributed by atoms with E-state index in [4.69, 9.17) is 32.1 Å². The molecule has 0 saturated heterocycles. The number of aliphatic imine (C=N–C) groups is 2. The molecule has 1 saturated carbocycles. The predicted molar refractivity (Wildman–Crippen MR) is 123 cm³/mol. The molecule has 1 aliphatic heterocycles. The van der Waals surface area contributed by atoms with Gasteiger partial charge < -0.3 is 10.5 Å². The second-order valence-corrected chi connectivity index (χ2v) is 9.52. The van der Waals surface area contributed by atoms with Gasteiger partial charge in [0, 0.05) is 28.7 Å². The van der Waals surface area contributed by atoms with Crippen LogP contribution < -0.4 is 5.73 Å². The lowest BCUT2D eigenvalue weighted by Crippen LogP contribution is -2.43. The third-order valence-electron chi connectivity index (χ3n) is 7.38. The van der Waals surface area contributed by atoms with Crippen molar-refractivity contribution < 1.29 is 9.13 Å². The van der Waals surface area contributed by atoms with Crippen LogP contribution in [-0.4, -0.2) is 24.8 Å². The number of nitrogens with zero attached hydrogens (tertiary/aromatic N) is 3. The number of halogens is 2. The maximum absolute atomic E-state index is 15.4. The average molecular weight is 451 g/mol. The summed E-state index contributed by atoms with van der Waals surface area (Å²) >= 11 is 6.21. The molecule has 2 aliphatic carbocycles. The highest BCUT2D eigenvalue weighted by molar-refractivity contribution is 6.41. The minimum atomic E-state index is -0.853. The minimum absolute atomic E-state index is 0.220. The van der Waals surface area contributed by atoms with Crippen molar-refractivity contribution in [2.24, 2.45) is 21.1 Å². The molecule has 0 aromatic heterocycles. The highest BCUT2D eigenvalue weighted by Gasteiger charge is 2.61. The Hall–Kier alpha value is -2.75. The molecule has 164 valence electrons. The van der Waals surface area contributed by atoms with Gasteiger partial charge in [0.1, 0.15) is 11.7 Å². The summed E-state index contributed by atoms with van der Waals surface area (Å²) in [6, 6.07) is 10.4. The molecule has 1 atom stereocenters. The molecule has 0 bridgehead atoms. The van der Waals surface area contributed by atoms with Crippen LogP contribution in [0.2, 0.25) is 5.02 Å². The molecule has 0 radical (unpaired) electrons. The van der Waals surface area contributed by atoms with Gasteiger partial charge >= 0.3 is 0 Å². The van der Waals surface area contributed by atoms with Crippen molar-refractivity contribution in [3.63, 3.8) is 0 Å². The number of rotatable bonds is 2. The van der Waals surface area contributed by atoms with Gasteiger partial charge in [-0.1, -0.05) is 11.6 Å². The molecule has 7 heteroatoms. The van der Waals surface area contributed by atoms with Gasteiger partial charge in [0.05, 0.1) is 23.4 Å². The maximum Gasteiger partial charge on any atom is 0.184 e. The molecular formula is C25H24ClFN4O. The summed E-state index contributed by atoms with van der Waals surface area (Å²) in [7, 11) is 1.75. The van der Waals surface area contributed by atoms with Gasteiger partial charge in [-0.2, -0.15) is 5.26 Å². The Balaban J connectivity index is 1.69. The highest BCUT2D eigenvalue weighted by Crippen LogP contribution is 2.62. The van der Waals surface area contributed by atoms with E-state index < -0.39 is 5.66 Å².